The predicted molar refractivity (Wildman–Crippen MR) is 163 cm³/mol. The second-order valence-electron chi connectivity index (χ2n) is 12.6. The molecule has 3 aliphatic rings. The maximum atomic E-state index is 14.2. The second kappa shape index (κ2) is 11.8. The molecule has 3 aromatic rings. The Hall–Kier alpha value is -3.77. The topological polar surface area (TPSA) is 119 Å². The smallest absolute Gasteiger partial charge is 0.416 e. The molecular weight excluding hydrogens is 625 g/mol. The first-order chi connectivity index (χ1) is 21.6. The van der Waals surface area contributed by atoms with E-state index in [1.165, 1.54) is 6.07 Å². The molecule has 0 aromatic heterocycles. The number of hydrogen-bond donors (Lipinski definition) is 2. The number of sulfone groups is 1. The number of carboxylic acid groups (broad SMARTS) is 1. The van der Waals surface area contributed by atoms with Gasteiger partial charge in [-0.25, -0.2) is 8.42 Å². The Balaban J connectivity index is 1.28. The van der Waals surface area contributed by atoms with E-state index in [1.54, 1.807) is 44.2 Å². The van der Waals surface area contributed by atoms with Crippen LogP contribution in [0.5, 0.6) is 17.2 Å². The van der Waals surface area contributed by atoms with E-state index in [1.807, 2.05) is 0 Å². The predicted octanol–water partition coefficient (Wildman–Crippen LogP) is 6.32. The lowest BCUT2D eigenvalue weighted by Crippen LogP contribution is -2.43. The standard InChI is InChI=1S/C34H35F3O8S/c1-19-11-24(44-18-33(40)7-9-46(41,42)10-8-33)12-20(2)32(19)28-15-22(34(35,36)37)14-27-26(28)5-6-29(27)45-23-3-4-25-21(13-31(38)39)17-43-30(25)16-23/h3-4,11-12,14-16,21,29,40H,5-10,13,17-18H2,1-2H3,(H,38,39). The van der Waals surface area contributed by atoms with E-state index in [9.17, 15) is 36.6 Å². The zero-order valence-corrected chi connectivity index (χ0v) is 26.3. The average molecular weight is 661 g/mol. The Morgan fingerprint density at radius 3 is 2.37 bits per heavy atom. The first-order valence-electron chi connectivity index (χ1n) is 15.2. The van der Waals surface area contributed by atoms with E-state index < -0.39 is 39.3 Å². The summed E-state index contributed by atoms with van der Waals surface area (Å²) in [6.45, 7) is 3.75. The van der Waals surface area contributed by atoms with Crippen molar-refractivity contribution in [3.05, 3.63) is 75.8 Å². The molecule has 246 valence electrons. The molecule has 2 aliphatic heterocycles. The molecule has 2 N–H and O–H groups in total. The number of carbonyl (C=O) groups is 1. The number of hydrogen-bond acceptors (Lipinski definition) is 7. The van der Waals surface area contributed by atoms with Crippen LogP contribution in [0.2, 0.25) is 0 Å². The van der Waals surface area contributed by atoms with Crippen LogP contribution in [0.3, 0.4) is 0 Å². The molecule has 1 aliphatic carbocycles. The van der Waals surface area contributed by atoms with Gasteiger partial charge in [-0.05, 0) is 103 Å². The molecule has 0 saturated carbocycles. The number of carboxylic acids is 1. The minimum Gasteiger partial charge on any atom is -0.492 e. The van der Waals surface area contributed by atoms with E-state index in [-0.39, 0.29) is 49.9 Å². The van der Waals surface area contributed by atoms with Gasteiger partial charge in [0, 0.05) is 17.5 Å². The van der Waals surface area contributed by atoms with Crippen molar-refractivity contribution >= 4 is 15.8 Å². The summed E-state index contributed by atoms with van der Waals surface area (Å²) in [6.07, 6.45) is -4.16. The molecular formula is C34H35F3O8S. The molecule has 0 bridgehead atoms. The highest BCUT2D eigenvalue weighted by molar-refractivity contribution is 7.91. The zero-order valence-electron chi connectivity index (χ0n) is 25.4. The van der Waals surface area contributed by atoms with Crippen LogP contribution >= 0.6 is 0 Å². The second-order valence-corrected chi connectivity index (χ2v) is 14.9. The van der Waals surface area contributed by atoms with Crippen molar-refractivity contribution in [3.8, 4) is 28.4 Å². The SMILES string of the molecule is Cc1cc(OCC2(O)CCS(=O)(=O)CC2)cc(C)c1-c1cc(C(F)(F)F)cc2c1CCC2Oc1ccc2c(c1)OCC2CC(=O)O. The van der Waals surface area contributed by atoms with Crippen LogP contribution < -0.4 is 14.2 Å². The minimum atomic E-state index is -4.59. The van der Waals surface area contributed by atoms with Gasteiger partial charge in [-0.2, -0.15) is 13.2 Å². The van der Waals surface area contributed by atoms with E-state index in [0.717, 1.165) is 17.2 Å². The molecule has 6 rings (SSSR count). The van der Waals surface area contributed by atoms with Crippen molar-refractivity contribution in [2.45, 2.75) is 69.8 Å². The fourth-order valence-electron chi connectivity index (χ4n) is 6.79. The first kappa shape index (κ1) is 32.2. The summed E-state index contributed by atoms with van der Waals surface area (Å²) in [5.41, 5.74) is 2.49. The number of aliphatic hydroxyl groups is 1. The number of rotatable bonds is 8. The highest BCUT2D eigenvalue weighted by Crippen LogP contribution is 2.47. The van der Waals surface area contributed by atoms with Gasteiger partial charge in [0.2, 0.25) is 0 Å². The number of aryl methyl sites for hydroxylation is 2. The summed E-state index contributed by atoms with van der Waals surface area (Å²) in [5.74, 6) is -0.0326. The molecule has 1 fully saturated rings. The maximum absolute atomic E-state index is 14.2. The fraction of sp³-hybridized carbons (Fsp3) is 0.441. The molecule has 2 atom stereocenters. The molecule has 2 heterocycles. The van der Waals surface area contributed by atoms with Crippen LogP contribution in [0.25, 0.3) is 11.1 Å². The average Bonchev–Trinajstić information content (AvgIpc) is 3.56. The van der Waals surface area contributed by atoms with Crippen LogP contribution in [0.15, 0.2) is 42.5 Å². The Morgan fingerprint density at radius 2 is 1.72 bits per heavy atom. The summed E-state index contributed by atoms with van der Waals surface area (Å²) in [7, 11) is -3.16. The maximum Gasteiger partial charge on any atom is 0.416 e. The highest BCUT2D eigenvalue weighted by atomic mass is 32.2. The molecule has 1 saturated heterocycles. The molecule has 0 radical (unpaired) electrons. The molecule has 3 aromatic carbocycles. The Kier molecular flexibility index (Phi) is 8.25. The van der Waals surface area contributed by atoms with Gasteiger partial charge in [-0.1, -0.05) is 6.07 Å². The van der Waals surface area contributed by atoms with Gasteiger partial charge in [0.05, 0.1) is 30.1 Å². The summed E-state index contributed by atoms with van der Waals surface area (Å²) in [6, 6.07) is 10.9. The van der Waals surface area contributed by atoms with E-state index >= 15 is 0 Å². The summed E-state index contributed by atoms with van der Waals surface area (Å²) in [4.78, 5) is 11.2. The lowest BCUT2D eigenvalue weighted by molar-refractivity contribution is -0.138. The fourth-order valence-corrected chi connectivity index (χ4v) is 8.37. The van der Waals surface area contributed by atoms with Crippen molar-refractivity contribution in [2.75, 3.05) is 24.7 Å². The Labute approximate surface area is 265 Å². The van der Waals surface area contributed by atoms with Crippen LogP contribution in [-0.4, -0.2) is 54.9 Å². The summed E-state index contributed by atoms with van der Waals surface area (Å²) in [5, 5.41) is 20.0. The van der Waals surface area contributed by atoms with Crippen LogP contribution in [0, 0.1) is 13.8 Å². The monoisotopic (exact) mass is 660 g/mol. The normalized spacial score (nSPS) is 21.3. The molecule has 2 unspecified atom stereocenters. The van der Waals surface area contributed by atoms with Gasteiger partial charge in [0.1, 0.15) is 35.6 Å². The minimum absolute atomic E-state index is 0.0627. The van der Waals surface area contributed by atoms with Crippen molar-refractivity contribution in [1.82, 2.24) is 0 Å². The molecule has 46 heavy (non-hydrogen) atoms. The van der Waals surface area contributed by atoms with Gasteiger partial charge < -0.3 is 24.4 Å². The van der Waals surface area contributed by atoms with E-state index in [0.29, 0.717) is 57.9 Å². The van der Waals surface area contributed by atoms with Crippen LogP contribution in [0.4, 0.5) is 13.2 Å². The lowest BCUT2D eigenvalue weighted by Gasteiger charge is -2.31. The van der Waals surface area contributed by atoms with Gasteiger partial charge >= 0.3 is 12.1 Å². The van der Waals surface area contributed by atoms with Crippen LogP contribution in [-0.2, 0) is 27.2 Å². The quantitative estimate of drug-likeness (QED) is 0.288. The van der Waals surface area contributed by atoms with Crippen molar-refractivity contribution < 1.29 is 50.8 Å². The largest absolute Gasteiger partial charge is 0.492 e. The Bertz CT molecular complexity index is 1760. The van der Waals surface area contributed by atoms with Crippen molar-refractivity contribution in [1.29, 1.82) is 0 Å². The van der Waals surface area contributed by atoms with Crippen LogP contribution in [0.1, 0.15) is 71.1 Å². The number of fused-ring (bicyclic) bond motifs is 2. The number of benzene rings is 3. The van der Waals surface area contributed by atoms with Crippen molar-refractivity contribution in [3.63, 3.8) is 0 Å². The Morgan fingerprint density at radius 1 is 1.02 bits per heavy atom. The number of aliphatic carboxylic acids is 1. The van der Waals surface area contributed by atoms with Gasteiger partial charge in [-0.15, -0.1) is 0 Å². The van der Waals surface area contributed by atoms with Gasteiger partial charge in [-0.3, -0.25) is 4.79 Å². The number of alkyl halides is 3. The van der Waals surface area contributed by atoms with Gasteiger partial charge in [0.15, 0.2) is 9.84 Å². The summed E-state index contributed by atoms with van der Waals surface area (Å²) >= 11 is 0. The number of ether oxygens (including phenoxy) is 3. The summed E-state index contributed by atoms with van der Waals surface area (Å²) < 4.78 is 84.1. The molecule has 0 amide bonds. The van der Waals surface area contributed by atoms with E-state index in [2.05, 4.69) is 0 Å². The van der Waals surface area contributed by atoms with Crippen molar-refractivity contribution in [2.24, 2.45) is 0 Å². The lowest BCUT2D eigenvalue weighted by atomic mass is 9.88. The third-order valence-corrected chi connectivity index (χ3v) is 10.9. The highest BCUT2D eigenvalue weighted by Gasteiger charge is 2.38. The molecule has 0 spiro atoms. The molecule has 12 heteroatoms. The van der Waals surface area contributed by atoms with E-state index in [4.69, 9.17) is 14.2 Å². The molecule has 8 nitrogen and oxygen atoms in total. The third kappa shape index (κ3) is 6.55. The number of halogens is 3. The third-order valence-electron chi connectivity index (χ3n) is 9.22. The van der Waals surface area contributed by atoms with Gasteiger partial charge in [0.25, 0.3) is 0 Å². The first-order valence-corrected chi connectivity index (χ1v) is 17.0. The zero-order chi connectivity index (χ0) is 33.0.